The van der Waals surface area contributed by atoms with Gasteiger partial charge in [-0.15, -0.1) is 9.24 Å². The molecule has 5 aliphatic rings. The molecule has 5 aliphatic carbocycles. The normalized spacial score (nSPS) is 41.1. The summed E-state index contributed by atoms with van der Waals surface area (Å²) in [5.41, 5.74) is 0. The highest BCUT2D eigenvalue weighted by molar-refractivity contribution is 7.16. The molecule has 0 aromatic heterocycles. The zero-order valence-electron chi connectivity index (χ0n) is 19.2. The van der Waals surface area contributed by atoms with Gasteiger partial charge in [-0.25, -0.2) is 0 Å². The lowest BCUT2D eigenvalue weighted by Gasteiger charge is -2.48. The van der Waals surface area contributed by atoms with Crippen LogP contribution in [-0.2, 0) is 0 Å². The van der Waals surface area contributed by atoms with Gasteiger partial charge < -0.3 is 0 Å². The fourth-order valence-corrected chi connectivity index (χ4v) is 10.1. The van der Waals surface area contributed by atoms with Crippen LogP contribution in [-0.4, -0.2) is 6.16 Å². The van der Waals surface area contributed by atoms with Crippen LogP contribution in [0.4, 0.5) is 0 Å². The van der Waals surface area contributed by atoms with Crippen LogP contribution in [0, 0.1) is 53.3 Å². The average Bonchev–Trinajstić information content (AvgIpc) is 3.46. The highest BCUT2D eigenvalue weighted by Gasteiger charge is 2.51. The highest BCUT2D eigenvalue weighted by Crippen LogP contribution is 2.59. The summed E-state index contributed by atoms with van der Waals surface area (Å²) >= 11 is 0. The maximum atomic E-state index is 3.16. The molecule has 0 bridgehead atoms. The van der Waals surface area contributed by atoms with Crippen molar-refractivity contribution in [3.8, 4) is 0 Å². The number of rotatable bonds is 6. The smallest absolute Gasteiger partial charge is 0.0323 e. The van der Waals surface area contributed by atoms with E-state index in [4.69, 9.17) is 0 Å². The summed E-state index contributed by atoms with van der Waals surface area (Å²) in [5.74, 6) is 9.97. The topological polar surface area (TPSA) is 0 Å². The molecule has 5 rings (SSSR count). The third kappa shape index (κ3) is 4.37. The van der Waals surface area contributed by atoms with Gasteiger partial charge in [0.2, 0.25) is 0 Å². The monoisotopic (exact) mass is 416 g/mol. The Balaban J connectivity index is 1.50. The van der Waals surface area contributed by atoms with Gasteiger partial charge in [-0.2, -0.15) is 0 Å². The summed E-state index contributed by atoms with van der Waals surface area (Å²) in [6, 6.07) is 0. The van der Waals surface area contributed by atoms with Crippen molar-refractivity contribution < 1.29 is 0 Å². The molecule has 0 heterocycles. The van der Waals surface area contributed by atoms with E-state index in [2.05, 4.69) is 9.24 Å². The van der Waals surface area contributed by atoms with Crippen molar-refractivity contribution in [1.82, 2.24) is 0 Å². The standard InChI is InChI=1S/C28H49P/c29-19-18-26-27(22-12-5-6-13-22)24(20-8-1-2-9-20)16-17-25(21-10-3-4-11-21)28(26)23-14-7-15-23/h20-28H,1-19,29H2/t24-,25+,26?,27+,28-/m1/s1. The van der Waals surface area contributed by atoms with E-state index in [1.807, 2.05) is 0 Å². The molecule has 0 aromatic carbocycles. The van der Waals surface area contributed by atoms with Gasteiger partial charge in [0.05, 0.1) is 0 Å². The van der Waals surface area contributed by atoms with E-state index in [0.717, 1.165) is 53.3 Å². The molecule has 166 valence electrons. The quantitative estimate of drug-likeness (QED) is 0.301. The molecule has 0 saturated heterocycles. The lowest BCUT2D eigenvalue weighted by Crippen LogP contribution is -2.42. The fraction of sp³-hybridized carbons (Fsp3) is 1.00. The second-order valence-electron chi connectivity index (χ2n) is 12.1. The lowest BCUT2D eigenvalue weighted by molar-refractivity contribution is 0.00564. The molecule has 0 aliphatic heterocycles. The zero-order chi connectivity index (χ0) is 19.6. The molecule has 29 heavy (non-hydrogen) atoms. The van der Waals surface area contributed by atoms with E-state index in [1.165, 1.54) is 6.16 Å². The van der Waals surface area contributed by atoms with Crippen molar-refractivity contribution in [1.29, 1.82) is 0 Å². The first-order valence-corrected chi connectivity index (χ1v) is 14.9. The number of hydrogen-bond acceptors (Lipinski definition) is 0. The molecule has 0 spiro atoms. The minimum Gasteiger partial charge on any atom is -0.138 e. The first kappa shape index (κ1) is 21.3. The minimum absolute atomic E-state index is 1.08. The van der Waals surface area contributed by atoms with E-state index in [0.29, 0.717) is 0 Å². The summed E-state index contributed by atoms with van der Waals surface area (Å²) < 4.78 is 0. The summed E-state index contributed by atoms with van der Waals surface area (Å²) in [6.45, 7) is 0. The third-order valence-electron chi connectivity index (χ3n) is 11.0. The average molecular weight is 417 g/mol. The predicted octanol–water partition coefficient (Wildman–Crippen LogP) is 8.50. The predicted molar refractivity (Wildman–Crippen MR) is 129 cm³/mol. The molecule has 0 aromatic rings. The Kier molecular flexibility index (Phi) is 7.28. The Morgan fingerprint density at radius 2 is 0.828 bits per heavy atom. The van der Waals surface area contributed by atoms with Crippen LogP contribution in [0.3, 0.4) is 0 Å². The van der Waals surface area contributed by atoms with E-state index in [1.54, 1.807) is 116 Å². The summed E-state index contributed by atoms with van der Waals surface area (Å²) in [4.78, 5) is 0. The largest absolute Gasteiger partial charge is 0.138 e. The van der Waals surface area contributed by atoms with Crippen molar-refractivity contribution in [2.75, 3.05) is 6.16 Å². The molecule has 0 amide bonds. The summed E-state index contributed by atoms with van der Waals surface area (Å²) in [5, 5.41) is 0. The van der Waals surface area contributed by atoms with Crippen LogP contribution in [0.25, 0.3) is 0 Å². The van der Waals surface area contributed by atoms with Crippen molar-refractivity contribution in [3.63, 3.8) is 0 Å². The van der Waals surface area contributed by atoms with Crippen LogP contribution < -0.4 is 0 Å². The van der Waals surface area contributed by atoms with Gasteiger partial charge in [0.25, 0.3) is 0 Å². The minimum atomic E-state index is 1.08. The van der Waals surface area contributed by atoms with Crippen LogP contribution in [0.1, 0.15) is 116 Å². The SMILES string of the molecule is PCCC1[C@@H](C2CCCC2)[C@@H](C2CCCC2)CC[C@@H](C2CCCC2)[C@H]1C1CCC1. The summed E-state index contributed by atoms with van der Waals surface area (Å²) in [7, 11) is 3.16. The Morgan fingerprint density at radius 3 is 1.17 bits per heavy atom. The van der Waals surface area contributed by atoms with Gasteiger partial charge >= 0.3 is 0 Å². The molecule has 2 unspecified atom stereocenters. The maximum Gasteiger partial charge on any atom is -0.0323 e. The van der Waals surface area contributed by atoms with Gasteiger partial charge in [0.15, 0.2) is 0 Å². The van der Waals surface area contributed by atoms with Crippen molar-refractivity contribution in [2.45, 2.75) is 116 Å². The van der Waals surface area contributed by atoms with Gasteiger partial charge in [-0.1, -0.05) is 96.3 Å². The molecule has 6 atom stereocenters. The van der Waals surface area contributed by atoms with E-state index in [-0.39, 0.29) is 0 Å². The Labute approximate surface area is 184 Å². The van der Waals surface area contributed by atoms with Crippen LogP contribution >= 0.6 is 9.24 Å². The van der Waals surface area contributed by atoms with Crippen molar-refractivity contribution in [2.24, 2.45) is 53.3 Å². The molecule has 1 heteroatoms. The first-order valence-electron chi connectivity index (χ1n) is 14.1. The fourth-order valence-electron chi connectivity index (χ4n) is 9.68. The van der Waals surface area contributed by atoms with Gasteiger partial charge in [-0.3, -0.25) is 0 Å². The second-order valence-corrected chi connectivity index (χ2v) is 12.7. The summed E-state index contributed by atoms with van der Waals surface area (Å²) in [6.07, 6.45) is 29.7. The van der Waals surface area contributed by atoms with Crippen LogP contribution in [0.2, 0.25) is 0 Å². The van der Waals surface area contributed by atoms with Gasteiger partial charge in [-0.05, 0) is 78.7 Å². The van der Waals surface area contributed by atoms with E-state index in [9.17, 15) is 0 Å². The van der Waals surface area contributed by atoms with Crippen LogP contribution in [0.5, 0.6) is 0 Å². The zero-order valence-corrected chi connectivity index (χ0v) is 20.4. The van der Waals surface area contributed by atoms with Crippen molar-refractivity contribution in [3.05, 3.63) is 0 Å². The van der Waals surface area contributed by atoms with Gasteiger partial charge in [0.1, 0.15) is 0 Å². The Hall–Kier alpha value is 0.430. The van der Waals surface area contributed by atoms with E-state index >= 15 is 0 Å². The number of hydrogen-bond donors (Lipinski definition) is 0. The molecule has 0 N–H and O–H groups in total. The van der Waals surface area contributed by atoms with Crippen molar-refractivity contribution >= 4 is 9.24 Å². The molecular weight excluding hydrogens is 367 g/mol. The molecule has 0 radical (unpaired) electrons. The molecule has 5 fully saturated rings. The maximum absolute atomic E-state index is 3.16. The Bertz CT molecular complexity index is 492. The van der Waals surface area contributed by atoms with Gasteiger partial charge in [0, 0.05) is 0 Å². The first-order chi connectivity index (χ1) is 14.4. The lowest BCUT2D eigenvalue weighted by atomic mass is 9.57. The van der Waals surface area contributed by atoms with E-state index < -0.39 is 0 Å². The third-order valence-corrected chi connectivity index (χ3v) is 11.3. The van der Waals surface area contributed by atoms with Crippen LogP contribution in [0.15, 0.2) is 0 Å². The molecule has 5 saturated carbocycles. The molecular formula is C28H49P. The Morgan fingerprint density at radius 1 is 0.448 bits per heavy atom. The second kappa shape index (κ2) is 9.92. The molecule has 0 nitrogen and oxygen atoms in total. The highest BCUT2D eigenvalue weighted by atomic mass is 31.0.